The maximum absolute atomic E-state index is 13.7. The molecule has 180 valence electrons. The average Bonchev–Trinajstić information content (AvgIpc) is 3.59. The van der Waals surface area contributed by atoms with Gasteiger partial charge in [-0.15, -0.1) is 11.3 Å². The van der Waals surface area contributed by atoms with E-state index in [-0.39, 0.29) is 5.91 Å². The molecule has 0 atom stereocenters. The van der Waals surface area contributed by atoms with E-state index < -0.39 is 0 Å². The summed E-state index contributed by atoms with van der Waals surface area (Å²) in [5, 5.41) is 6.86. The number of ether oxygens (including phenoxy) is 2. The summed E-state index contributed by atoms with van der Waals surface area (Å²) in [6.45, 7) is 3.96. The van der Waals surface area contributed by atoms with E-state index in [1.165, 1.54) is 4.88 Å². The quantitative estimate of drug-likeness (QED) is 0.381. The Kier molecular flexibility index (Phi) is 6.83. The number of hydrogen-bond donors (Lipinski definition) is 0. The van der Waals surface area contributed by atoms with Gasteiger partial charge in [0, 0.05) is 49.4 Å². The van der Waals surface area contributed by atoms with Crippen LogP contribution in [0.5, 0.6) is 11.5 Å². The fourth-order valence-electron chi connectivity index (χ4n) is 4.34. The minimum Gasteiger partial charge on any atom is -0.493 e. The molecule has 1 aliphatic rings. The van der Waals surface area contributed by atoms with Gasteiger partial charge in [-0.1, -0.05) is 30.3 Å². The van der Waals surface area contributed by atoms with Gasteiger partial charge >= 0.3 is 0 Å². The number of aromatic nitrogens is 2. The third kappa shape index (κ3) is 4.94. The van der Waals surface area contributed by atoms with Gasteiger partial charge in [-0.2, -0.15) is 5.10 Å². The Morgan fingerprint density at radius 2 is 1.71 bits per heavy atom. The molecule has 1 aliphatic heterocycles. The van der Waals surface area contributed by atoms with Gasteiger partial charge in [-0.25, -0.2) is 4.68 Å². The van der Waals surface area contributed by atoms with Crippen molar-refractivity contribution in [2.45, 2.75) is 6.54 Å². The highest BCUT2D eigenvalue weighted by Crippen LogP contribution is 2.34. The molecule has 0 radical (unpaired) electrons. The largest absolute Gasteiger partial charge is 0.493 e. The molecule has 0 N–H and O–H groups in total. The minimum atomic E-state index is -0.0553. The van der Waals surface area contributed by atoms with Gasteiger partial charge in [0.15, 0.2) is 17.2 Å². The average molecular weight is 489 g/mol. The van der Waals surface area contributed by atoms with Crippen molar-refractivity contribution >= 4 is 17.2 Å². The van der Waals surface area contributed by atoms with Crippen LogP contribution in [0.1, 0.15) is 15.4 Å². The molecule has 0 unspecified atom stereocenters. The number of rotatable bonds is 7. The first-order chi connectivity index (χ1) is 17.2. The molecule has 0 aliphatic carbocycles. The smallest absolute Gasteiger partial charge is 0.275 e. The monoisotopic (exact) mass is 488 g/mol. The van der Waals surface area contributed by atoms with Crippen molar-refractivity contribution in [1.29, 1.82) is 0 Å². The molecule has 5 rings (SSSR count). The third-order valence-corrected chi connectivity index (χ3v) is 7.11. The lowest BCUT2D eigenvalue weighted by molar-refractivity contribution is 0.0624. The first-order valence-electron chi connectivity index (χ1n) is 11.6. The summed E-state index contributed by atoms with van der Waals surface area (Å²) in [7, 11) is 3.22. The van der Waals surface area contributed by atoms with E-state index in [9.17, 15) is 4.79 Å². The van der Waals surface area contributed by atoms with Crippen molar-refractivity contribution < 1.29 is 14.3 Å². The van der Waals surface area contributed by atoms with Crippen LogP contribution in [0.2, 0.25) is 0 Å². The maximum Gasteiger partial charge on any atom is 0.275 e. The standard InChI is InChI=1S/C27H28N4O3S/c1-33-24-11-10-20(17-25(24)34-2)23-19-31(21-7-4-3-5-8-21)28-26(23)27(32)30-14-12-29(13-15-30)18-22-9-6-16-35-22/h3-11,16-17,19H,12-15,18H2,1-2H3. The maximum atomic E-state index is 13.7. The zero-order valence-corrected chi connectivity index (χ0v) is 20.7. The number of methoxy groups -OCH3 is 2. The summed E-state index contributed by atoms with van der Waals surface area (Å²) in [6, 6.07) is 19.8. The molecule has 0 spiro atoms. The zero-order valence-electron chi connectivity index (χ0n) is 19.9. The fourth-order valence-corrected chi connectivity index (χ4v) is 5.09. The number of nitrogens with zero attached hydrogens (tertiary/aromatic N) is 4. The van der Waals surface area contributed by atoms with Crippen LogP contribution >= 0.6 is 11.3 Å². The number of thiophene rings is 1. The highest BCUT2D eigenvalue weighted by Gasteiger charge is 2.27. The molecule has 1 fully saturated rings. The number of benzene rings is 2. The number of carbonyl (C=O) groups is 1. The molecular weight excluding hydrogens is 460 g/mol. The lowest BCUT2D eigenvalue weighted by Crippen LogP contribution is -2.48. The molecular formula is C27H28N4O3S. The molecule has 2 aromatic carbocycles. The van der Waals surface area contributed by atoms with Gasteiger partial charge < -0.3 is 14.4 Å². The molecule has 7 nitrogen and oxygen atoms in total. The summed E-state index contributed by atoms with van der Waals surface area (Å²) in [6.07, 6.45) is 1.91. The Morgan fingerprint density at radius 1 is 0.943 bits per heavy atom. The summed E-state index contributed by atoms with van der Waals surface area (Å²) >= 11 is 1.77. The molecule has 0 bridgehead atoms. The lowest BCUT2D eigenvalue weighted by atomic mass is 10.0. The van der Waals surface area contributed by atoms with Crippen LogP contribution in [0, 0.1) is 0 Å². The van der Waals surface area contributed by atoms with E-state index in [1.54, 1.807) is 30.2 Å². The van der Waals surface area contributed by atoms with E-state index in [4.69, 9.17) is 14.6 Å². The lowest BCUT2D eigenvalue weighted by Gasteiger charge is -2.34. The second-order valence-electron chi connectivity index (χ2n) is 8.39. The van der Waals surface area contributed by atoms with E-state index in [1.807, 2.05) is 59.6 Å². The van der Waals surface area contributed by atoms with E-state index in [0.29, 0.717) is 30.3 Å². The topological polar surface area (TPSA) is 59.8 Å². The normalized spacial score (nSPS) is 14.2. The highest BCUT2D eigenvalue weighted by atomic mass is 32.1. The van der Waals surface area contributed by atoms with Crippen LogP contribution in [0.15, 0.2) is 72.2 Å². The summed E-state index contributed by atoms with van der Waals surface area (Å²) in [4.78, 5) is 19.4. The number of amides is 1. The Hall–Kier alpha value is -3.62. The van der Waals surface area contributed by atoms with Crippen LogP contribution in [-0.4, -0.2) is 65.9 Å². The molecule has 3 heterocycles. The van der Waals surface area contributed by atoms with Gasteiger partial charge in [0.1, 0.15) is 0 Å². The number of para-hydroxylation sites is 1. The predicted octanol–water partition coefficient (Wildman–Crippen LogP) is 4.58. The van der Waals surface area contributed by atoms with Gasteiger partial charge in [0.05, 0.1) is 19.9 Å². The van der Waals surface area contributed by atoms with Crippen LogP contribution in [0.4, 0.5) is 0 Å². The number of hydrogen-bond acceptors (Lipinski definition) is 6. The van der Waals surface area contributed by atoms with Crippen molar-refractivity contribution in [1.82, 2.24) is 19.6 Å². The van der Waals surface area contributed by atoms with Crippen molar-refractivity contribution in [3.8, 4) is 28.3 Å². The van der Waals surface area contributed by atoms with E-state index >= 15 is 0 Å². The van der Waals surface area contributed by atoms with Crippen molar-refractivity contribution in [3.05, 3.63) is 82.8 Å². The van der Waals surface area contributed by atoms with Crippen LogP contribution < -0.4 is 9.47 Å². The molecule has 2 aromatic heterocycles. The number of piperazine rings is 1. The second-order valence-corrected chi connectivity index (χ2v) is 9.42. The van der Waals surface area contributed by atoms with Gasteiger partial charge in [-0.05, 0) is 41.3 Å². The number of carbonyl (C=O) groups excluding carboxylic acids is 1. The first-order valence-corrected chi connectivity index (χ1v) is 12.5. The highest BCUT2D eigenvalue weighted by molar-refractivity contribution is 7.09. The molecule has 1 amide bonds. The van der Waals surface area contributed by atoms with E-state index in [0.717, 1.165) is 36.4 Å². The van der Waals surface area contributed by atoms with Gasteiger partial charge in [0.25, 0.3) is 5.91 Å². The molecule has 0 saturated carbocycles. The second kappa shape index (κ2) is 10.3. The van der Waals surface area contributed by atoms with Gasteiger partial charge in [-0.3, -0.25) is 9.69 Å². The molecule has 1 saturated heterocycles. The summed E-state index contributed by atoms with van der Waals surface area (Å²) in [5.74, 6) is 1.19. The van der Waals surface area contributed by atoms with Crippen molar-refractivity contribution in [3.63, 3.8) is 0 Å². The fraction of sp³-hybridized carbons (Fsp3) is 0.259. The van der Waals surface area contributed by atoms with E-state index in [2.05, 4.69) is 22.4 Å². The van der Waals surface area contributed by atoms with Crippen LogP contribution in [-0.2, 0) is 6.54 Å². The minimum absolute atomic E-state index is 0.0553. The molecule has 4 aromatic rings. The SMILES string of the molecule is COc1ccc(-c2cn(-c3ccccc3)nc2C(=O)N2CCN(Cc3cccs3)CC2)cc1OC. The van der Waals surface area contributed by atoms with Crippen LogP contribution in [0.25, 0.3) is 16.8 Å². The predicted molar refractivity (Wildman–Crippen MR) is 138 cm³/mol. The Morgan fingerprint density at radius 3 is 2.40 bits per heavy atom. The Balaban J connectivity index is 1.43. The van der Waals surface area contributed by atoms with Gasteiger partial charge in [0.2, 0.25) is 0 Å². The van der Waals surface area contributed by atoms with Crippen LogP contribution in [0.3, 0.4) is 0 Å². The Bertz CT molecular complexity index is 1280. The van der Waals surface area contributed by atoms with Crippen molar-refractivity contribution in [2.75, 3.05) is 40.4 Å². The summed E-state index contributed by atoms with van der Waals surface area (Å²) in [5.41, 5.74) is 2.95. The molecule has 35 heavy (non-hydrogen) atoms. The third-order valence-electron chi connectivity index (χ3n) is 6.25. The molecule has 8 heteroatoms. The Labute approximate surface area is 209 Å². The van der Waals surface area contributed by atoms with Crippen molar-refractivity contribution in [2.24, 2.45) is 0 Å². The first kappa shape index (κ1) is 23.1. The zero-order chi connectivity index (χ0) is 24.2. The summed E-state index contributed by atoms with van der Waals surface area (Å²) < 4.78 is 12.7.